The van der Waals surface area contributed by atoms with Crippen LogP contribution in [0, 0.1) is 5.82 Å². The lowest BCUT2D eigenvalue weighted by atomic mass is 10.3. The Bertz CT molecular complexity index is 574. The van der Waals surface area contributed by atoms with E-state index in [0.717, 1.165) is 24.3 Å². The van der Waals surface area contributed by atoms with Gasteiger partial charge < -0.3 is 10.1 Å². The number of benzene rings is 1. The summed E-state index contributed by atoms with van der Waals surface area (Å²) in [5.41, 5.74) is 0. The molecule has 1 rings (SSSR count). The molecule has 0 unspecified atom stereocenters. The van der Waals surface area contributed by atoms with Crippen LogP contribution in [-0.4, -0.2) is 40.1 Å². The summed E-state index contributed by atoms with van der Waals surface area (Å²) in [5.74, 6) is -1.00. The van der Waals surface area contributed by atoms with E-state index >= 15 is 0 Å². The Morgan fingerprint density at radius 2 is 1.86 bits per heavy atom. The van der Waals surface area contributed by atoms with E-state index in [0.29, 0.717) is 6.61 Å². The number of methoxy groups -OCH3 is 1. The molecule has 0 aliphatic heterocycles. The third-order valence-corrected chi connectivity index (χ3v) is 4.21. The van der Waals surface area contributed by atoms with Crippen LogP contribution in [-0.2, 0) is 19.6 Å². The molecule has 1 amide bonds. The Morgan fingerprint density at radius 1 is 1.29 bits per heavy atom. The van der Waals surface area contributed by atoms with Crippen LogP contribution < -0.4 is 10.0 Å². The van der Waals surface area contributed by atoms with E-state index < -0.39 is 27.8 Å². The second-order valence-electron chi connectivity index (χ2n) is 4.66. The Hall–Kier alpha value is -1.51. The topological polar surface area (TPSA) is 84.5 Å². The predicted octanol–water partition coefficient (Wildman–Crippen LogP) is 0.644. The minimum absolute atomic E-state index is 0.103. The quantitative estimate of drug-likeness (QED) is 0.773. The first-order chi connectivity index (χ1) is 9.76. The smallest absolute Gasteiger partial charge is 0.241 e. The average molecular weight is 318 g/mol. The van der Waals surface area contributed by atoms with Crippen LogP contribution in [0.25, 0.3) is 0 Å². The Balaban J connectivity index is 2.70. The van der Waals surface area contributed by atoms with E-state index in [2.05, 4.69) is 10.0 Å². The number of sulfonamides is 1. The molecule has 0 saturated heterocycles. The van der Waals surface area contributed by atoms with Crippen molar-refractivity contribution >= 4 is 15.9 Å². The van der Waals surface area contributed by atoms with Crippen molar-refractivity contribution in [3.63, 3.8) is 0 Å². The first kappa shape index (κ1) is 17.5. The third-order valence-electron chi connectivity index (χ3n) is 2.65. The van der Waals surface area contributed by atoms with Gasteiger partial charge in [0.25, 0.3) is 0 Å². The summed E-state index contributed by atoms with van der Waals surface area (Å²) in [6, 6.07) is 3.16. The van der Waals surface area contributed by atoms with Crippen molar-refractivity contribution in [3.05, 3.63) is 30.1 Å². The molecule has 0 heterocycles. The Morgan fingerprint density at radius 3 is 2.38 bits per heavy atom. The summed E-state index contributed by atoms with van der Waals surface area (Å²) in [7, 11) is -2.37. The third kappa shape index (κ3) is 5.41. The Kier molecular flexibility index (Phi) is 6.25. The number of hydrogen-bond acceptors (Lipinski definition) is 4. The highest BCUT2D eigenvalue weighted by Gasteiger charge is 2.22. The first-order valence-corrected chi connectivity index (χ1v) is 7.82. The van der Waals surface area contributed by atoms with Crippen LogP contribution in [0.2, 0.25) is 0 Å². The van der Waals surface area contributed by atoms with Crippen molar-refractivity contribution in [2.24, 2.45) is 0 Å². The maximum Gasteiger partial charge on any atom is 0.241 e. The number of carbonyl (C=O) groups is 1. The molecule has 0 bridgehead atoms. The summed E-state index contributed by atoms with van der Waals surface area (Å²) in [6.07, 6.45) is 0. The summed E-state index contributed by atoms with van der Waals surface area (Å²) < 4.78 is 44.0. The van der Waals surface area contributed by atoms with Crippen molar-refractivity contribution in [2.45, 2.75) is 30.8 Å². The van der Waals surface area contributed by atoms with Gasteiger partial charge in [-0.25, -0.2) is 12.8 Å². The number of amides is 1. The summed E-state index contributed by atoms with van der Waals surface area (Å²) in [6.45, 7) is 3.49. The van der Waals surface area contributed by atoms with Gasteiger partial charge in [0.2, 0.25) is 15.9 Å². The standard InChI is InChI=1S/C13H19FN2O4S/c1-9(8-20-3)15-13(17)10(2)16-21(18,19)12-6-4-11(14)5-7-12/h4-7,9-10,16H,8H2,1-3H3,(H,15,17)/t9-,10-/m1/s1. The number of rotatable bonds is 7. The highest BCUT2D eigenvalue weighted by atomic mass is 32.2. The molecule has 0 aliphatic carbocycles. The van der Waals surface area contributed by atoms with Crippen LogP contribution in [0.5, 0.6) is 0 Å². The summed E-state index contributed by atoms with van der Waals surface area (Å²) >= 11 is 0. The molecule has 0 aliphatic rings. The second-order valence-corrected chi connectivity index (χ2v) is 6.38. The fourth-order valence-corrected chi connectivity index (χ4v) is 2.83. The van der Waals surface area contributed by atoms with Gasteiger partial charge in [-0.15, -0.1) is 0 Å². The highest BCUT2D eigenvalue weighted by molar-refractivity contribution is 7.89. The molecule has 0 fully saturated rings. The largest absolute Gasteiger partial charge is 0.383 e. The number of ether oxygens (including phenoxy) is 1. The predicted molar refractivity (Wildman–Crippen MR) is 75.7 cm³/mol. The van der Waals surface area contributed by atoms with Gasteiger partial charge in [0.05, 0.1) is 17.5 Å². The van der Waals surface area contributed by atoms with Crippen molar-refractivity contribution in [2.75, 3.05) is 13.7 Å². The van der Waals surface area contributed by atoms with Gasteiger partial charge in [0.1, 0.15) is 5.82 Å². The number of hydrogen-bond donors (Lipinski definition) is 2. The van der Waals surface area contributed by atoms with E-state index in [-0.39, 0.29) is 10.9 Å². The van der Waals surface area contributed by atoms with Gasteiger partial charge in [-0.1, -0.05) is 0 Å². The van der Waals surface area contributed by atoms with Crippen molar-refractivity contribution in [3.8, 4) is 0 Å². The van der Waals surface area contributed by atoms with Crippen LogP contribution in [0.4, 0.5) is 4.39 Å². The molecule has 2 N–H and O–H groups in total. The summed E-state index contributed by atoms with van der Waals surface area (Å²) in [4.78, 5) is 11.7. The van der Waals surface area contributed by atoms with E-state index in [1.165, 1.54) is 14.0 Å². The summed E-state index contributed by atoms with van der Waals surface area (Å²) in [5, 5.41) is 2.61. The molecule has 6 nitrogen and oxygen atoms in total. The van der Waals surface area contributed by atoms with Crippen molar-refractivity contribution in [1.29, 1.82) is 0 Å². The second kappa shape index (κ2) is 7.48. The van der Waals surface area contributed by atoms with E-state index in [1.807, 2.05) is 0 Å². The average Bonchev–Trinajstić information content (AvgIpc) is 2.38. The molecular formula is C13H19FN2O4S. The number of nitrogens with one attached hydrogen (secondary N) is 2. The fourth-order valence-electron chi connectivity index (χ4n) is 1.63. The molecule has 0 saturated carbocycles. The number of carbonyl (C=O) groups excluding carboxylic acids is 1. The van der Waals surface area contributed by atoms with Gasteiger partial charge in [-0.2, -0.15) is 4.72 Å². The van der Waals surface area contributed by atoms with Crippen LogP contribution in [0.1, 0.15) is 13.8 Å². The normalized spacial score (nSPS) is 14.5. The monoisotopic (exact) mass is 318 g/mol. The SMILES string of the molecule is COC[C@@H](C)NC(=O)[C@@H](C)NS(=O)(=O)c1ccc(F)cc1. The van der Waals surface area contributed by atoms with Gasteiger partial charge in [-0.05, 0) is 38.1 Å². The molecule has 1 aromatic rings. The van der Waals surface area contributed by atoms with Gasteiger partial charge >= 0.3 is 0 Å². The fraction of sp³-hybridized carbons (Fsp3) is 0.462. The van der Waals surface area contributed by atoms with Crippen molar-refractivity contribution in [1.82, 2.24) is 10.0 Å². The van der Waals surface area contributed by atoms with Crippen LogP contribution in [0.15, 0.2) is 29.2 Å². The van der Waals surface area contributed by atoms with Crippen LogP contribution >= 0.6 is 0 Å². The highest BCUT2D eigenvalue weighted by Crippen LogP contribution is 2.10. The van der Waals surface area contributed by atoms with E-state index in [4.69, 9.17) is 4.74 Å². The lowest BCUT2D eigenvalue weighted by Gasteiger charge is -2.18. The maximum absolute atomic E-state index is 12.8. The minimum atomic E-state index is -3.88. The van der Waals surface area contributed by atoms with Gasteiger partial charge in [0, 0.05) is 13.2 Å². The zero-order valence-corrected chi connectivity index (χ0v) is 12.9. The maximum atomic E-state index is 12.8. The lowest BCUT2D eigenvalue weighted by molar-refractivity contribution is -0.123. The molecular weight excluding hydrogens is 299 g/mol. The van der Waals surface area contributed by atoms with Gasteiger partial charge in [-0.3, -0.25) is 4.79 Å². The molecule has 0 aromatic heterocycles. The Labute approximate surface area is 123 Å². The van der Waals surface area contributed by atoms with Gasteiger partial charge in [0.15, 0.2) is 0 Å². The van der Waals surface area contributed by atoms with Crippen molar-refractivity contribution < 1.29 is 22.3 Å². The minimum Gasteiger partial charge on any atom is -0.383 e. The van der Waals surface area contributed by atoms with E-state index in [9.17, 15) is 17.6 Å². The molecule has 1 aromatic carbocycles. The lowest BCUT2D eigenvalue weighted by Crippen LogP contribution is -2.48. The molecule has 0 spiro atoms. The van der Waals surface area contributed by atoms with Crippen LogP contribution in [0.3, 0.4) is 0 Å². The zero-order chi connectivity index (χ0) is 16.0. The van der Waals surface area contributed by atoms with E-state index in [1.54, 1.807) is 6.92 Å². The molecule has 0 radical (unpaired) electrons. The molecule has 2 atom stereocenters. The zero-order valence-electron chi connectivity index (χ0n) is 12.1. The molecule has 21 heavy (non-hydrogen) atoms. The number of halogens is 1. The molecule has 8 heteroatoms. The first-order valence-electron chi connectivity index (χ1n) is 6.33. The molecule has 118 valence electrons.